The number of sulfonamides is 1. The van der Waals surface area contributed by atoms with Gasteiger partial charge in [0.05, 0.1) is 12.9 Å². The number of hydrogen-bond donors (Lipinski definition) is 2. The number of rotatable bonds is 9. The van der Waals surface area contributed by atoms with Crippen molar-refractivity contribution in [2.24, 2.45) is 0 Å². The fourth-order valence-corrected chi connectivity index (χ4v) is 2.56. The van der Waals surface area contributed by atoms with E-state index in [1.54, 1.807) is 0 Å². The zero-order valence-electron chi connectivity index (χ0n) is 10.5. The largest absolute Gasteiger partial charge is 0.480 e. The minimum absolute atomic E-state index is 0.147. The maximum Gasteiger partial charge on any atom is 0.321 e. The van der Waals surface area contributed by atoms with E-state index in [4.69, 9.17) is 5.11 Å². The Morgan fingerprint density at radius 1 is 1.28 bits per heavy atom. The van der Waals surface area contributed by atoms with Crippen LogP contribution in [0.4, 0.5) is 0 Å². The highest BCUT2D eigenvalue weighted by molar-refractivity contribution is 7.89. The lowest BCUT2D eigenvalue weighted by molar-refractivity contribution is -0.141. The van der Waals surface area contributed by atoms with Gasteiger partial charge in [-0.25, -0.2) is 13.1 Å². The smallest absolute Gasteiger partial charge is 0.321 e. The molecule has 0 aromatic rings. The number of esters is 1. The molecule has 0 spiro atoms. The second-order valence-electron chi connectivity index (χ2n) is 3.88. The first kappa shape index (κ1) is 16.9. The number of ether oxygens (including phenoxy) is 1. The summed E-state index contributed by atoms with van der Waals surface area (Å²) in [7, 11) is -2.28. The zero-order valence-corrected chi connectivity index (χ0v) is 11.3. The summed E-state index contributed by atoms with van der Waals surface area (Å²) in [6.45, 7) is 1.26. The molecule has 0 saturated carbocycles. The molecule has 18 heavy (non-hydrogen) atoms. The molecule has 0 radical (unpaired) electrons. The number of carbonyl (C=O) groups excluding carboxylic acids is 1. The molecule has 7 nitrogen and oxygen atoms in total. The number of carboxylic acid groups (broad SMARTS) is 1. The maximum atomic E-state index is 11.4. The van der Waals surface area contributed by atoms with Crippen molar-refractivity contribution >= 4 is 22.0 Å². The highest BCUT2D eigenvalue weighted by atomic mass is 32.2. The first-order valence-electron chi connectivity index (χ1n) is 5.58. The van der Waals surface area contributed by atoms with Gasteiger partial charge in [0.1, 0.15) is 6.04 Å². The van der Waals surface area contributed by atoms with Crippen molar-refractivity contribution in [3.05, 3.63) is 0 Å². The summed E-state index contributed by atoms with van der Waals surface area (Å²) >= 11 is 0. The van der Waals surface area contributed by atoms with Gasteiger partial charge in [0.2, 0.25) is 10.0 Å². The molecule has 1 atom stereocenters. The van der Waals surface area contributed by atoms with Crippen LogP contribution in [0.3, 0.4) is 0 Å². The van der Waals surface area contributed by atoms with E-state index in [9.17, 15) is 18.0 Å². The molecular formula is C10H19NO6S. The maximum absolute atomic E-state index is 11.4. The van der Waals surface area contributed by atoms with Gasteiger partial charge in [-0.2, -0.15) is 0 Å². The van der Waals surface area contributed by atoms with E-state index in [1.165, 1.54) is 14.0 Å². The van der Waals surface area contributed by atoms with Crippen molar-refractivity contribution in [1.82, 2.24) is 4.72 Å². The average Bonchev–Trinajstić information content (AvgIpc) is 2.27. The van der Waals surface area contributed by atoms with Crippen molar-refractivity contribution in [1.29, 1.82) is 0 Å². The Labute approximate surface area is 107 Å². The summed E-state index contributed by atoms with van der Waals surface area (Å²) in [6.07, 6.45) is 1.75. The number of carboxylic acids is 1. The Morgan fingerprint density at radius 3 is 2.39 bits per heavy atom. The summed E-state index contributed by atoms with van der Waals surface area (Å²) in [4.78, 5) is 21.3. The van der Waals surface area contributed by atoms with Crippen molar-refractivity contribution in [3.8, 4) is 0 Å². The third-order valence-electron chi connectivity index (χ3n) is 2.25. The van der Waals surface area contributed by atoms with E-state index in [0.29, 0.717) is 19.3 Å². The molecule has 0 fully saturated rings. The van der Waals surface area contributed by atoms with E-state index in [0.717, 1.165) is 0 Å². The molecule has 0 aliphatic rings. The van der Waals surface area contributed by atoms with E-state index in [-0.39, 0.29) is 18.1 Å². The quantitative estimate of drug-likeness (QED) is 0.458. The van der Waals surface area contributed by atoms with Gasteiger partial charge in [0.15, 0.2) is 0 Å². The van der Waals surface area contributed by atoms with Crippen LogP contribution in [0.2, 0.25) is 0 Å². The van der Waals surface area contributed by atoms with Crippen LogP contribution < -0.4 is 4.72 Å². The molecular weight excluding hydrogens is 262 g/mol. The number of nitrogens with one attached hydrogen (secondary N) is 1. The summed E-state index contributed by atoms with van der Waals surface area (Å²) in [5.41, 5.74) is 0. The summed E-state index contributed by atoms with van der Waals surface area (Å²) in [6, 6.07) is -1.13. The third kappa shape index (κ3) is 8.02. The molecule has 8 heteroatoms. The second kappa shape index (κ2) is 8.04. The molecule has 106 valence electrons. The van der Waals surface area contributed by atoms with Crippen LogP contribution in [0.5, 0.6) is 0 Å². The van der Waals surface area contributed by atoms with Crippen molar-refractivity contribution in [2.75, 3.05) is 12.9 Å². The Morgan fingerprint density at radius 2 is 1.89 bits per heavy atom. The van der Waals surface area contributed by atoms with Gasteiger partial charge in [-0.05, 0) is 19.8 Å². The molecule has 0 aromatic carbocycles. The van der Waals surface area contributed by atoms with Crippen LogP contribution in [0, 0.1) is 0 Å². The minimum atomic E-state index is -3.58. The summed E-state index contributed by atoms with van der Waals surface area (Å²) in [5, 5.41) is 8.56. The number of hydrogen-bond acceptors (Lipinski definition) is 5. The van der Waals surface area contributed by atoms with Crippen LogP contribution in [-0.2, 0) is 24.3 Å². The van der Waals surface area contributed by atoms with Gasteiger partial charge < -0.3 is 9.84 Å². The summed E-state index contributed by atoms with van der Waals surface area (Å²) < 4.78 is 29.4. The van der Waals surface area contributed by atoms with Crippen molar-refractivity contribution in [3.63, 3.8) is 0 Å². The third-order valence-corrected chi connectivity index (χ3v) is 3.79. The van der Waals surface area contributed by atoms with Crippen LogP contribution in [0.15, 0.2) is 0 Å². The molecule has 0 bridgehead atoms. The molecule has 0 aliphatic carbocycles. The Balaban J connectivity index is 3.85. The fourth-order valence-electron chi connectivity index (χ4n) is 1.22. The van der Waals surface area contributed by atoms with Gasteiger partial charge in [-0.1, -0.05) is 6.42 Å². The molecule has 0 amide bonds. The highest BCUT2D eigenvalue weighted by Gasteiger charge is 2.18. The van der Waals surface area contributed by atoms with Crippen LogP contribution in [0.25, 0.3) is 0 Å². The van der Waals surface area contributed by atoms with Gasteiger partial charge >= 0.3 is 11.9 Å². The van der Waals surface area contributed by atoms with E-state index in [2.05, 4.69) is 4.74 Å². The van der Waals surface area contributed by atoms with Gasteiger partial charge in [-0.15, -0.1) is 0 Å². The van der Waals surface area contributed by atoms with Crippen molar-refractivity contribution in [2.45, 2.75) is 38.6 Å². The average molecular weight is 281 g/mol. The lowest BCUT2D eigenvalue weighted by Gasteiger charge is -2.09. The number of carbonyl (C=O) groups is 2. The SMILES string of the molecule is COC(=O)CCCCCS(=O)(=O)N[C@H](C)C(=O)O. The fraction of sp³-hybridized carbons (Fsp3) is 0.800. The molecule has 0 aromatic heterocycles. The second-order valence-corrected chi connectivity index (χ2v) is 5.76. The molecule has 0 rings (SSSR count). The normalized spacial score (nSPS) is 13.0. The van der Waals surface area contributed by atoms with E-state index < -0.39 is 22.0 Å². The van der Waals surface area contributed by atoms with Crippen LogP contribution >= 0.6 is 0 Å². The zero-order chi connectivity index (χ0) is 14.2. The molecule has 0 unspecified atom stereocenters. The molecule has 0 saturated heterocycles. The molecule has 2 N–H and O–H groups in total. The topological polar surface area (TPSA) is 110 Å². The number of unbranched alkanes of at least 4 members (excludes halogenated alkanes) is 2. The monoisotopic (exact) mass is 281 g/mol. The first-order valence-corrected chi connectivity index (χ1v) is 7.23. The Bertz CT molecular complexity index is 378. The predicted molar refractivity (Wildman–Crippen MR) is 64.5 cm³/mol. The number of aliphatic carboxylic acids is 1. The lowest BCUT2D eigenvalue weighted by atomic mass is 10.2. The van der Waals surface area contributed by atoms with Gasteiger partial charge in [-0.3, -0.25) is 9.59 Å². The lowest BCUT2D eigenvalue weighted by Crippen LogP contribution is -2.39. The van der Waals surface area contributed by atoms with Crippen LogP contribution in [0.1, 0.15) is 32.6 Å². The Kier molecular flexibility index (Phi) is 7.53. The van der Waals surface area contributed by atoms with Gasteiger partial charge in [0.25, 0.3) is 0 Å². The highest BCUT2D eigenvalue weighted by Crippen LogP contribution is 2.03. The van der Waals surface area contributed by atoms with E-state index >= 15 is 0 Å². The summed E-state index contributed by atoms with van der Waals surface area (Å²) in [5.74, 6) is -1.69. The minimum Gasteiger partial charge on any atom is -0.480 e. The number of methoxy groups -OCH3 is 1. The molecule has 0 heterocycles. The molecule has 0 aliphatic heterocycles. The standard InChI is InChI=1S/C10H19NO6S/c1-8(10(13)14)11-18(15,16)7-5-3-4-6-9(12)17-2/h8,11H,3-7H2,1-2H3,(H,13,14)/t8-/m1/s1. The van der Waals surface area contributed by atoms with E-state index in [1.807, 2.05) is 4.72 Å². The Hall–Kier alpha value is -1.15. The predicted octanol–water partition coefficient (Wildman–Crippen LogP) is 0.112. The van der Waals surface area contributed by atoms with Crippen molar-refractivity contribution < 1.29 is 27.9 Å². The first-order chi connectivity index (χ1) is 8.28. The van der Waals surface area contributed by atoms with Gasteiger partial charge in [0, 0.05) is 6.42 Å². The van der Waals surface area contributed by atoms with Crippen LogP contribution in [-0.4, -0.2) is 44.4 Å².